The quantitative estimate of drug-likeness (QED) is 0.276. The highest BCUT2D eigenvalue weighted by Crippen LogP contribution is 2.33. The lowest BCUT2D eigenvalue weighted by atomic mass is 10.2. The Bertz CT molecular complexity index is 757. The SMILES string of the molecule is Nc1ncnc2c1ncn2[C@H]1C[C@H](O)[C@@H](CO[SH]=P(O)(O)O)O1. The van der Waals surface area contributed by atoms with Gasteiger partial charge in [0.25, 0.3) is 6.72 Å². The summed E-state index contributed by atoms with van der Waals surface area (Å²) >= 11 is -0.354. The maximum Gasteiger partial charge on any atom is 0.299 e. The van der Waals surface area contributed by atoms with Gasteiger partial charge in [0.2, 0.25) is 0 Å². The second-order valence-corrected chi connectivity index (χ2v) is 8.52. The number of imidazole rings is 1. The van der Waals surface area contributed by atoms with Gasteiger partial charge in [-0.05, 0) is 11.2 Å². The van der Waals surface area contributed by atoms with Crippen LogP contribution in [-0.4, -0.2) is 58.1 Å². The highest BCUT2D eigenvalue weighted by molar-refractivity contribution is 8.13. The van der Waals surface area contributed by atoms with E-state index in [1.165, 1.54) is 12.7 Å². The fraction of sp³-hybridized carbons (Fsp3) is 0.500. The topological polar surface area (TPSA) is 169 Å². The van der Waals surface area contributed by atoms with Gasteiger partial charge in [-0.2, -0.15) is 0 Å². The van der Waals surface area contributed by atoms with Crippen LogP contribution >= 0.6 is 6.72 Å². The molecule has 0 saturated carbocycles. The van der Waals surface area contributed by atoms with Crippen molar-refractivity contribution in [2.75, 3.05) is 12.3 Å². The molecule has 2 aromatic heterocycles. The first-order valence-corrected chi connectivity index (χ1v) is 9.70. The van der Waals surface area contributed by atoms with Crippen molar-refractivity contribution < 1.29 is 28.7 Å². The molecular weight excluding hydrogens is 349 g/mol. The van der Waals surface area contributed by atoms with Crippen LogP contribution in [-0.2, 0) is 20.1 Å². The number of nitrogens with two attached hydrogens (primary N) is 1. The van der Waals surface area contributed by atoms with Crippen LogP contribution in [0.5, 0.6) is 0 Å². The van der Waals surface area contributed by atoms with Crippen LogP contribution in [0.15, 0.2) is 12.7 Å². The first kappa shape index (κ1) is 16.7. The summed E-state index contributed by atoms with van der Waals surface area (Å²) in [6.45, 7) is -4.13. The number of nitrogen functional groups attached to an aromatic ring is 1. The summed E-state index contributed by atoms with van der Waals surface area (Å²) in [5.41, 5.74) is 6.65. The van der Waals surface area contributed by atoms with Gasteiger partial charge in [-0.15, -0.1) is 0 Å². The van der Waals surface area contributed by atoms with E-state index in [9.17, 15) is 5.11 Å². The van der Waals surface area contributed by atoms with E-state index >= 15 is 0 Å². The molecule has 0 bridgehead atoms. The summed E-state index contributed by atoms with van der Waals surface area (Å²) in [5, 5.41) is 10.0. The molecule has 0 unspecified atom stereocenters. The number of hydrogen-bond acceptors (Lipinski definition) is 7. The Morgan fingerprint density at radius 3 is 2.91 bits per heavy atom. The zero-order valence-corrected chi connectivity index (χ0v) is 13.5. The zero-order valence-electron chi connectivity index (χ0n) is 11.7. The molecule has 1 fully saturated rings. The molecule has 0 aromatic carbocycles. The molecule has 3 heterocycles. The van der Waals surface area contributed by atoms with Crippen molar-refractivity contribution >= 4 is 34.9 Å². The van der Waals surface area contributed by atoms with Gasteiger partial charge in [-0.3, -0.25) is 4.57 Å². The Balaban J connectivity index is 1.74. The van der Waals surface area contributed by atoms with Crippen molar-refractivity contribution in [3.63, 3.8) is 0 Å². The molecule has 6 N–H and O–H groups in total. The fourth-order valence-electron chi connectivity index (χ4n) is 2.30. The Morgan fingerprint density at radius 1 is 1.39 bits per heavy atom. The highest BCUT2D eigenvalue weighted by Gasteiger charge is 2.36. The lowest BCUT2D eigenvalue weighted by Crippen LogP contribution is -2.25. The van der Waals surface area contributed by atoms with E-state index in [2.05, 4.69) is 15.0 Å². The number of ether oxygens (including phenoxy) is 1. The number of nitrogens with zero attached hydrogens (tertiary/aromatic N) is 4. The second kappa shape index (κ2) is 6.42. The Hall–Kier alpha value is -1.11. The van der Waals surface area contributed by atoms with Crippen molar-refractivity contribution in [3.05, 3.63) is 12.7 Å². The van der Waals surface area contributed by atoms with Gasteiger partial charge in [-0.25, -0.2) is 15.0 Å². The molecule has 0 aliphatic carbocycles. The number of fused-ring (bicyclic) bond motifs is 1. The molecule has 11 nitrogen and oxygen atoms in total. The number of aromatic nitrogens is 4. The predicted molar refractivity (Wildman–Crippen MR) is 82.6 cm³/mol. The number of hydrogen-bond donors (Lipinski definition) is 6. The average Bonchev–Trinajstić information content (AvgIpc) is 3.03. The van der Waals surface area contributed by atoms with Gasteiger partial charge in [0.1, 0.15) is 24.2 Å². The smallest absolute Gasteiger partial charge is 0.299 e. The minimum absolute atomic E-state index is 0.105. The monoisotopic (exact) mass is 365 g/mol. The van der Waals surface area contributed by atoms with Crippen molar-refractivity contribution in [3.8, 4) is 0 Å². The molecule has 1 aliphatic rings. The predicted octanol–water partition coefficient (Wildman–Crippen LogP) is -1.54. The number of aliphatic hydroxyl groups is 1. The number of rotatable bonds is 4. The summed E-state index contributed by atoms with van der Waals surface area (Å²) in [7, 11) is 0. The molecule has 1 aliphatic heterocycles. The molecule has 0 radical (unpaired) electrons. The normalized spacial score (nSPS) is 25.3. The standard InChI is InChI=1S/C10H16N5O6PS/c11-9-8-10(13-3-12-9)15(4-14-8)7-1-5(16)6(21-7)2-20-23-22(17,18)19/h3-7,16-19,23H,1-2H2,(H2,11,12,13)/t5-,6+,7+/m0/s1. The van der Waals surface area contributed by atoms with Gasteiger partial charge in [0.05, 0.1) is 19.0 Å². The molecule has 1 saturated heterocycles. The van der Waals surface area contributed by atoms with Crippen LogP contribution in [0.2, 0.25) is 0 Å². The number of thiol groups is 1. The highest BCUT2D eigenvalue weighted by atomic mass is 32.5. The van der Waals surface area contributed by atoms with E-state index in [-0.39, 0.29) is 30.1 Å². The molecule has 2 aromatic rings. The van der Waals surface area contributed by atoms with Crippen LogP contribution in [0.4, 0.5) is 5.82 Å². The minimum Gasteiger partial charge on any atom is -0.390 e. The van der Waals surface area contributed by atoms with Crippen LogP contribution in [0, 0.1) is 0 Å². The summed E-state index contributed by atoms with van der Waals surface area (Å²) in [6, 6.07) is 0. The molecule has 128 valence electrons. The summed E-state index contributed by atoms with van der Waals surface area (Å²) in [5.74, 6) is 0.250. The molecule has 3 rings (SSSR count). The van der Waals surface area contributed by atoms with Crippen LogP contribution in [0.1, 0.15) is 12.6 Å². The van der Waals surface area contributed by atoms with E-state index in [4.69, 9.17) is 29.3 Å². The van der Waals surface area contributed by atoms with Crippen molar-refractivity contribution in [1.29, 1.82) is 0 Å². The van der Waals surface area contributed by atoms with Gasteiger partial charge < -0.3 is 34.4 Å². The van der Waals surface area contributed by atoms with E-state index in [1.807, 2.05) is 0 Å². The average molecular weight is 365 g/mol. The first-order chi connectivity index (χ1) is 10.8. The van der Waals surface area contributed by atoms with E-state index in [1.54, 1.807) is 4.57 Å². The third-order valence-corrected chi connectivity index (χ3v) is 4.79. The van der Waals surface area contributed by atoms with Gasteiger partial charge in [0.15, 0.2) is 11.5 Å². The maximum atomic E-state index is 10.0. The van der Waals surface area contributed by atoms with Gasteiger partial charge in [0, 0.05) is 6.42 Å². The van der Waals surface area contributed by atoms with Gasteiger partial charge in [-0.1, -0.05) is 0 Å². The third kappa shape index (κ3) is 3.70. The third-order valence-electron chi connectivity index (χ3n) is 3.31. The van der Waals surface area contributed by atoms with Gasteiger partial charge >= 0.3 is 0 Å². The van der Waals surface area contributed by atoms with E-state index in [0.717, 1.165) is 0 Å². The molecule has 23 heavy (non-hydrogen) atoms. The first-order valence-electron chi connectivity index (χ1n) is 6.53. The molecule has 13 heteroatoms. The van der Waals surface area contributed by atoms with Crippen LogP contribution in [0.25, 0.3) is 11.2 Å². The molecule has 0 amide bonds. The largest absolute Gasteiger partial charge is 0.390 e. The van der Waals surface area contributed by atoms with Crippen molar-refractivity contribution in [2.24, 2.45) is 0 Å². The summed E-state index contributed by atoms with van der Waals surface area (Å²) < 4.78 is 12.3. The summed E-state index contributed by atoms with van der Waals surface area (Å²) in [4.78, 5) is 38.6. The lowest BCUT2D eigenvalue weighted by molar-refractivity contribution is -0.0350. The van der Waals surface area contributed by atoms with Crippen molar-refractivity contribution in [1.82, 2.24) is 19.5 Å². The lowest BCUT2D eigenvalue weighted by Gasteiger charge is -2.15. The Labute approximate surface area is 133 Å². The second-order valence-electron chi connectivity index (χ2n) is 4.93. The summed E-state index contributed by atoms with van der Waals surface area (Å²) in [6.07, 6.45) is 1.06. The minimum atomic E-state index is -4.03. The Morgan fingerprint density at radius 2 is 2.17 bits per heavy atom. The molecular formula is C10H16N5O6PS. The van der Waals surface area contributed by atoms with Crippen LogP contribution < -0.4 is 5.73 Å². The van der Waals surface area contributed by atoms with Crippen molar-refractivity contribution in [2.45, 2.75) is 24.9 Å². The van der Waals surface area contributed by atoms with E-state index in [0.29, 0.717) is 11.2 Å². The van der Waals surface area contributed by atoms with E-state index < -0.39 is 25.2 Å². The van der Waals surface area contributed by atoms with Crippen LogP contribution in [0.3, 0.4) is 0 Å². The zero-order chi connectivity index (χ0) is 16.6. The molecule has 3 atom stereocenters. The fourth-order valence-corrected chi connectivity index (χ4v) is 3.33. The number of anilines is 1. The maximum absolute atomic E-state index is 10.0. The number of aliphatic hydroxyl groups excluding tert-OH is 1. The molecule has 0 spiro atoms. The Kier molecular flexibility index (Phi) is 4.67.